The molecule has 6 heteroatoms. The molecule has 30 heavy (non-hydrogen) atoms. The van der Waals surface area contributed by atoms with Gasteiger partial charge >= 0.3 is 0 Å². The fourth-order valence-corrected chi connectivity index (χ4v) is 3.17. The third-order valence-electron chi connectivity index (χ3n) is 4.84. The minimum absolute atomic E-state index is 0.0338. The average molecular weight is 411 g/mol. The molecular weight excluding hydrogens is 380 g/mol. The number of rotatable bonds is 12. The summed E-state index contributed by atoms with van der Waals surface area (Å²) in [7, 11) is 1.68. The molecule has 0 aliphatic carbocycles. The number of carbonyl (C=O) groups is 1. The highest BCUT2D eigenvalue weighted by molar-refractivity contribution is 5.78. The summed E-state index contributed by atoms with van der Waals surface area (Å²) >= 11 is 0. The first-order valence-corrected chi connectivity index (χ1v) is 10.4. The Labute approximate surface area is 178 Å². The lowest BCUT2D eigenvalue weighted by Crippen LogP contribution is -2.27. The Bertz CT molecular complexity index is 834. The van der Waals surface area contributed by atoms with Gasteiger partial charge in [-0.3, -0.25) is 4.79 Å². The van der Waals surface area contributed by atoms with Crippen molar-refractivity contribution in [3.63, 3.8) is 0 Å². The van der Waals surface area contributed by atoms with Crippen molar-refractivity contribution in [2.24, 2.45) is 0 Å². The molecule has 1 aliphatic rings. The van der Waals surface area contributed by atoms with Crippen molar-refractivity contribution in [3.8, 4) is 17.2 Å². The van der Waals surface area contributed by atoms with E-state index in [0.29, 0.717) is 13.0 Å². The molecule has 3 rings (SSSR count). The van der Waals surface area contributed by atoms with E-state index < -0.39 is 0 Å². The fourth-order valence-electron chi connectivity index (χ4n) is 3.17. The van der Waals surface area contributed by atoms with E-state index in [1.54, 1.807) is 7.11 Å². The van der Waals surface area contributed by atoms with Crippen molar-refractivity contribution in [2.75, 3.05) is 33.5 Å². The first-order valence-electron chi connectivity index (χ1n) is 10.4. The van der Waals surface area contributed by atoms with Gasteiger partial charge in [-0.05, 0) is 67.7 Å². The standard InChI is InChI=1S/C24H30N2O4/c1-28-21-11-8-19(9-12-21)6-3-14-25-15-4-16-26-24(27)7-2-5-20-10-13-22-23(17-20)30-18-29-22/h2,5,8-13,17,25H,3-4,6-7,14-16,18H2,1H3,(H,26,27)/b5-2+. The number of methoxy groups -OCH3 is 1. The summed E-state index contributed by atoms with van der Waals surface area (Å²) in [6.07, 6.45) is 7.20. The lowest BCUT2D eigenvalue weighted by atomic mass is 10.1. The molecule has 1 amide bonds. The fraction of sp³-hybridized carbons (Fsp3) is 0.375. The van der Waals surface area contributed by atoms with Crippen LogP contribution in [0, 0.1) is 0 Å². The molecule has 1 heterocycles. The molecule has 0 aromatic heterocycles. The number of aryl methyl sites for hydroxylation is 1. The molecule has 160 valence electrons. The third-order valence-corrected chi connectivity index (χ3v) is 4.84. The molecule has 0 spiro atoms. The zero-order valence-corrected chi connectivity index (χ0v) is 17.5. The van der Waals surface area contributed by atoms with Crippen LogP contribution in [0.25, 0.3) is 6.08 Å². The summed E-state index contributed by atoms with van der Waals surface area (Å²) in [6.45, 7) is 2.82. The summed E-state index contributed by atoms with van der Waals surface area (Å²) in [5.74, 6) is 2.44. The first kappa shape index (κ1) is 21.7. The highest BCUT2D eigenvalue weighted by Gasteiger charge is 2.12. The van der Waals surface area contributed by atoms with Gasteiger partial charge in [0.05, 0.1) is 7.11 Å². The molecule has 0 fully saturated rings. The number of benzene rings is 2. The Morgan fingerprint density at radius 2 is 1.83 bits per heavy atom. The molecule has 2 aromatic rings. The normalized spacial score (nSPS) is 12.3. The Hall–Kier alpha value is -2.99. The zero-order valence-electron chi connectivity index (χ0n) is 17.5. The van der Waals surface area contributed by atoms with E-state index >= 15 is 0 Å². The molecule has 0 bridgehead atoms. The number of carbonyl (C=O) groups excluding carboxylic acids is 1. The SMILES string of the molecule is COc1ccc(CCCNCCCNC(=O)C/C=C/c2ccc3c(c2)OCO3)cc1. The van der Waals surface area contributed by atoms with Gasteiger partial charge in [0.1, 0.15) is 5.75 Å². The Morgan fingerprint density at radius 1 is 1.03 bits per heavy atom. The van der Waals surface area contributed by atoms with Crippen LogP contribution in [-0.2, 0) is 11.2 Å². The molecule has 1 aliphatic heterocycles. The van der Waals surface area contributed by atoms with Gasteiger partial charge in [0.15, 0.2) is 11.5 Å². The van der Waals surface area contributed by atoms with Crippen LogP contribution in [0.4, 0.5) is 0 Å². The van der Waals surface area contributed by atoms with E-state index in [4.69, 9.17) is 14.2 Å². The van der Waals surface area contributed by atoms with Crippen molar-refractivity contribution in [1.82, 2.24) is 10.6 Å². The minimum atomic E-state index is 0.0338. The molecule has 0 radical (unpaired) electrons. The number of ether oxygens (including phenoxy) is 3. The molecule has 2 N–H and O–H groups in total. The summed E-state index contributed by atoms with van der Waals surface area (Å²) < 4.78 is 15.8. The largest absolute Gasteiger partial charge is 0.497 e. The van der Waals surface area contributed by atoms with Crippen LogP contribution in [0.2, 0.25) is 0 Å². The lowest BCUT2D eigenvalue weighted by Gasteiger charge is -2.07. The van der Waals surface area contributed by atoms with Crippen LogP contribution in [0.15, 0.2) is 48.5 Å². The van der Waals surface area contributed by atoms with Crippen LogP contribution in [0.5, 0.6) is 17.2 Å². The van der Waals surface area contributed by atoms with Crippen molar-refractivity contribution < 1.29 is 19.0 Å². The maximum absolute atomic E-state index is 11.9. The van der Waals surface area contributed by atoms with E-state index in [0.717, 1.165) is 55.2 Å². The van der Waals surface area contributed by atoms with E-state index in [9.17, 15) is 4.79 Å². The van der Waals surface area contributed by atoms with Gasteiger partial charge in [-0.2, -0.15) is 0 Å². The lowest BCUT2D eigenvalue weighted by molar-refractivity contribution is -0.120. The molecule has 0 unspecified atom stereocenters. The van der Waals surface area contributed by atoms with E-state index in [2.05, 4.69) is 22.8 Å². The second-order valence-corrected chi connectivity index (χ2v) is 7.12. The van der Waals surface area contributed by atoms with Gasteiger partial charge < -0.3 is 24.8 Å². The third kappa shape index (κ3) is 7.12. The van der Waals surface area contributed by atoms with Crippen LogP contribution >= 0.6 is 0 Å². The summed E-state index contributed by atoms with van der Waals surface area (Å²) in [5, 5.41) is 6.38. The monoisotopic (exact) mass is 410 g/mol. The number of hydrogen-bond acceptors (Lipinski definition) is 5. The summed E-state index contributed by atoms with van der Waals surface area (Å²) in [4.78, 5) is 11.9. The second-order valence-electron chi connectivity index (χ2n) is 7.12. The topological polar surface area (TPSA) is 68.8 Å². The number of nitrogens with one attached hydrogen (secondary N) is 2. The Morgan fingerprint density at radius 3 is 2.67 bits per heavy atom. The van der Waals surface area contributed by atoms with Crippen molar-refractivity contribution in [2.45, 2.75) is 25.7 Å². The summed E-state index contributed by atoms with van der Waals surface area (Å²) in [6, 6.07) is 13.9. The van der Waals surface area contributed by atoms with Crippen molar-refractivity contribution in [1.29, 1.82) is 0 Å². The maximum Gasteiger partial charge on any atom is 0.231 e. The molecule has 2 aromatic carbocycles. The molecule has 6 nitrogen and oxygen atoms in total. The molecule has 0 saturated heterocycles. The molecule has 0 atom stereocenters. The van der Waals surface area contributed by atoms with Gasteiger partial charge in [-0.1, -0.05) is 30.4 Å². The number of amides is 1. The average Bonchev–Trinajstić information content (AvgIpc) is 3.24. The Kier molecular flexibility index (Phi) is 8.60. The second kappa shape index (κ2) is 11.9. The molecule has 0 saturated carbocycles. The number of fused-ring (bicyclic) bond motifs is 1. The van der Waals surface area contributed by atoms with E-state index in [1.807, 2.05) is 42.5 Å². The van der Waals surface area contributed by atoms with Crippen LogP contribution in [-0.4, -0.2) is 39.4 Å². The van der Waals surface area contributed by atoms with Crippen molar-refractivity contribution >= 4 is 12.0 Å². The first-order chi connectivity index (χ1) is 14.7. The number of hydrogen-bond donors (Lipinski definition) is 2. The van der Waals surface area contributed by atoms with E-state index in [1.165, 1.54) is 5.56 Å². The van der Waals surface area contributed by atoms with Gasteiger partial charge in [-0.25, -0.2) is 0 Å². The van der Waals surface area contributed by atoms with Crippen LogP contribution in [0.3, 0.4) is 0 Å². The smallest absolute Gasteiger partial charge is 0.231 e. The highest BCUT2D eigenvalue weighted by Crippen LogP contribution is 2.32. The summed E-state index contributed by atoms with van der Waals surface area (Å²) in [5.41, 5.74) is 2.31. The van der Waals surface area contributed by atoms with Crippen LogP contribution < -0.4 is 24.8 Å². The predicted octanol–water partition coefficient (Wildman–Crippen LogP) is 3.56. The van der Waals surface area contributed by atoms with Crippen molar-refractivity contribution in [3.05, 3.63) is 59.7 Å². The van der Waals surface area contributed by atoms with Gasteiger partial charge in [0.25, 0.3) is 0 Å². The van der Waals surface area contributed by atoms with Gasteiger partial charge in [-0.15, -0.1) is 0 Å². The van der Waals surface area contributed by atoms with E-state index in [-0.39, 0.29) is 12.7 Å². The quantitative estimate of drug-likeness (QED) is 0.524. The predicted molar refractivity (Wildman–Crippen MR) is 118 cm³/mol. The van der Waals surface area contributed by atoms with Crippen LogP contribution in [0.1, 0.15) is 30.4 Å². The van der Waals surface area contributed by atoms with Gasteiger partial charge in [0, 0.05) is 13.0 Å². The highest BCUT2D eigenvalue weighted by atomic mass is 16.7. The zero-order chi connectivity index (χ0) is 21.0. The van der Waals surface area contributed by atoms with Gasteiger partial charge in [0.2, 0.25) is 12.7 Å². The maximum atomic E-state index is 11.9. The Balaban J connectivity index is 1.19. The minimum Gasteiger partial charge on any atom is -0.497 e. The molecular formula is C24H30N2O4.